The van der Waals surface area contributed by atoms with E-state index in [0.29, 0.717) is 35.5 Å². The van der Waals surface area contributed by atoms with E-state index in [1.165, 1.54) is 4.90 Å². The molecular weight excluding hydrogens is 394 g/mol. The molecule has 0 heterocycles. The zero-order valence-corrected chi connectivity index (χ0v) is 17.4. The lowest BCUT2D eigenvalue weighted by molar-refractivity contribution is -0.136. The lowest BCUT2D eigenvalue weighted by Gasteiger charge is -2.23. The fourth-order valence-corrected chi connectivity index (χ4v) is 3.60. The summed E-state index contributed by atoms with van der Waals surface area (Å²) in [6, 6.07) is 14.1. The first-order valence-corrected chi connectivity index (χ1v) is 9.80. The maximum atomic E-state index is 13.6. The number of carbonyl (C=O) groups is 3. The van der Waals surface area contributed by atoms with Crippen molar-refractivity contribution in [1.82, 2.24) is 0 Å². The van der Waals surface area contributed by atoms with Crippen molar-refractivity contribution in [3.05, 3.63) is 77.4 Å². The third-order valence-corrected chi connectivity index (χ3v) is 5.06. The van der Waals surface area contributed by atoms with Crippen LogP contribution in [-0.2, 0) is 11.2 Å². The Hall–Kier alpha value is -3.93. The van der Waals surface area contributed by atoms with Crippen molar-refractivity contribution in [2.75, 3.05) is 18.6 Å². The second kappa shape index (κ2) is 9.26. The van der Waals surface area contributed by atoms with Crippen molar-refractivity contribution >= 4 is 40.7 Å². The number of carboxylic acid groups (broad SMARTS) is 1. The zero-order valence-electron chi connectivity index (χ0n) is 17.4. The molecule has 6 heteroatoms. The lowest BCUT2D eigenvalue weighted by Crippen LogP contribution is -2.28. The molecule has 31 heavy (non-hydrogen) atoms. The van der Waals surface area contributed by atoms with Gasteiger partial charge >= 0.3 is 5.97 Å². The van der Waals surface area contributed by atoms with Crippen molar-refractivity contribution in [1.29, 1.82) is 0 Å². The van der Waals surface area contributed by atoms with Crippen LogP contribution in [0.25, 0.3) is 16.8 Å². The molecule has 0 saturated heterocycles. The molecule has 0 bridgehead atoms. The number of carboxylic acids is 1. The maximum absolute atomic E-state index is 13.6. The molecule has 0 fully saturated rings. The quantitative estimate of drug-likeness (QED) is 0.542. The number of hydrogen-bond donors (Lipinski definition) is 1. The van der Waals surface area contributed by atoms with Gasteiger partial charge in [-0.1, -0.05) is 49.1 Å². The number of aliphatic carboxylic acids is 1. The topological polar surface area (TPSA) is 83.9 Å². The largest absolute Gasteiger partial charge is 0.492 e. The second-order valence-corrected chi connectivity index (χ2v) is 6.93. The van der Waals surface area contributed by atoms with E-state index in [1.807, 2.05) is 31.2 Å². The van der Waals surface area contributed by atoms with E-state index in [9.17, 15) is 14.4 Å². The molecule has 0 aliphatic rings. The number of anilines is 1. The Balaban J connectivity index is 2.17. The van der Waals surface area contributed by atoms with Crippen molar-refractivity contribution < 1.29 is 24.2 Å². The number of rotatable bonds is 8. The van der Waals surface area contributed by atoms with Crippen molar-refractivity contribution in [2.45, 2.75) is 13.3 Å². The van der Waals surface area contributed by atoms with Crippen LogP contribution in [-0.4, -0.2) is 36.9 Å². The van der Waals surface area contributed by atoms with E-state index in [1.54, 1.807) is 37.4 Å². The molecule has 0 spiro atoms. The Kier molecular flexibility index (Phi) is 6.50. The Labute approximate surface area is 180 Å². The van der Waals surface area contributed by atoms with Crippen molar-refractivity contribution in [2.24, 2.45) is 0 Å². The highest BCUT2D eigenvalue weighted by atomic mass is 16.5. The average Bonchev–Trinajstić information content (AvgIpc) is 2.78. The summed E-state index contributed by atoms with van der Waals surface area (Å²) in [7, 11) is 1.60. The van der Waals surface area contributed by atoms with Crippen molar-refractivity contribution in [3.8, 4) is 5.75 Å². The molecule has 0 atom stereocenters. The Bertz CT molecular complexity index is 1160. The molecule has 0 aromatic heterocycles. The molecule has 0 saturated carbocycles. The van der Waals surface area contributed by atoms with E-state index in [4.69, 9.17) is 9.84 Å². The number of amides is 1. The number of aldehydes is 1. The second-order valence-electron chi connectivity index (χ2n) is 6.93. The van der Waals surface area contributed by atoms with E-state index < -0.39 is 11.9 Å². The number of ether oxygens (including phenoxy) is 1. The van der Waals surface area contributed by atoms with Gasteiger partial charge in [0.05, 0.1) is 18.6 Å². The summed E-state index contributed by atoms with van der Waals surface area (Å²) in [6.07, 6.45) is 2.12. The van der Waals surface area contributed by atoms with Crippen LogP contribution in [0.5, 0.6) is 5.75 Å². The highest BCUT2D eigenvalue weighted by Gasteiger charge is 2.27. The van der Waals surface area contributed by atoms with Crippen LogP contribution in [0.15, 0.2) is 55.1 Å². The fraction of sp³-hybridized carbons (Fsp3) is 0.160. The first-order chi connectivity index (χ1) is 14.9. The molecule has 0 unspecified atom stereocenters. The van der Waals surface area contributed by atoms with Gasteiger partial charge in [-0.25, -0.2) is 0 Å². The molecular formula is C25H23NO5. The normalized spacial score (nSPS) is 10.5. The number of benzene rings is 3. The van der Waals surface area contributed by atoms with Crippen molar-refractivity contribution in [3.63, 3.8) is 0 Å². The molecule has 0 aliphatic heterocycles. The Morgan fingerprint density at radius 1 is 1.06 bits per heavy atom. The van der Waals surface area contributed by atoms with Gasteiger partial charge in [0.2, 0.25) is 0 Å². The third kappa shape index (κ3) is 4.19. The summed E-state index contributed by atoms with van der Waals surface area (Å²) in [6.45, 7) is 5.97. The van der Waals surface area contributed by atoms with Crippen LogP contribution < -0.4 is 9.64 Å². The Morgan fingerprint density at radius 3 is 2.26 bits per heavy atom. The summed E-state index contributed by atoms with van der Waals surface area (Å²) >= 11 is 0. The standard InChI is InChI=1S/C25H23NO5/c1-4-18-19-8-6-7-9-20(19)24(31-5-2)23(21(18)15-27)25(30)26(3)17-12-10-16(11-13-17)14-22(28)29/h4,6-13,15H,1,5,14H2,2-3H3,(H,28,29). The molecule has 1 N–H and O–H groups in total. The minimum absolute atomic E-state index is 0.102. The average molecular weight is 417 g/mol. The SMILES string of the molecule is C=Cc1c(C=O)c(C(=O)N(C)c2ccc(CC(=O)O)cc2)c(OCC)c2ccccc12. The van der Waals surface area contributed by atoms with Crippen LogP contribution in [0.4, 0.5) is 5.69 Å². The fourth-order valence-electron chi connectivity index (χ4n) is 3.60. The molecule has 3 aromatic carbocycles. The molecule has 158 valence electrons. The van der Waals surface area contributed by atoms with Crippen LogP contribution >= 0.6 is 0 Å². The molecule has 3 aromatic rings. The molecule has 1 amide bonds. The first-order valence-electron chi connectivity index (χ1n) is 9.80. The highest BCUT2D eigenvalue weighted by Crippen LogP contribution is 2.37. The predicted octanol–water partition coefficient (Wildman–Crippen LogP) is 4.60. The summed E-state index contributed by atoms with van der Waals surface area (Å²) < 4.78 is 5.86. The molecule has 0 radical (unpaired) electrons. The summed E-state index contributed by atoms with van der Waals surface area (Å²) in [5.74, 6) is -0.988. The van der Waals surface area contributed by atoms with Gasteiger partial charge in [-0.05, 0) is 35.6 Å². The summed E-state index contributed by atoms with van der Waals surface area (Å²) in [5.41, 5.74) is 2.15. The van der Waals surface area contributed by atoms with Gasteiger partial charge in [0, 0.05) is 23.7 Å². The van der Waals surface area contributed by atoms with Gasteiger partial charge in [0.1, 0.15) is 5.75 Å². The maximum Gasteiger partial charge on any atom is 0.307 e. The number of hydrogen-bond acceptors (Lipinski definition) is 4. The van der Waals surface area contributed by atoms with Gasteiger partial charge in [-0.15, -0.1) is 0 Å². The van der Waals surface area contributed by atoms with Crippen LogP contribution in [0.2, 0.25) is 0 Å². The zero-order chi connectivity index (χ0) is 22.5. The first kappa shape index (κ1) is 21.8. The minimum Gasteiger partial charge on any atom is -0.492 e. The molecule has 0 aliphatic carbocycles. The van der Waals surface area contributed by atoms with Gasteiger partial charge in [-0.2, -0.15) is 0 Å². The highest BCUT2D eigenvalue weighted by molar-refractivity contribution is 6.18. The number of nitrogens with zero attached hydrogens (tertiary/aromatic N) is 1. The van der Waals surface area contributed by atoms with Gasteiger partial charge < -0.3 is 14.7 Å². The minimum atomic E-state index is -0.928. The van der Waals surface area contributed by atoms with Crippen LogP contribution in [0.3, 0.4) is 0 Å². The number of fused-ring (bicyclic) bond motifs is 1. The lowest BCUT2D eigenvalue weighted by atomic mass is 9.92. The van der Waals surface area contributed by atoms with Gasteiger partial charge in [0.25, 0.3) is 5.91 Å². The summed E-state index contributed by atoms with van der Waals surface area (Å²) in [4.78, 5) is 38.0. The number of carbonyl (C=O) groups excluding carboxylic acids is 2. The van der Waals surface area contributed by atoms with E-state index in [2.05, 4.69) is 6.58 Å². The smallest absolute Gasteiger partial charge is 0.307 e. The van der Waals surface area contributed by atoms with E-state index in [-0.39, 0.29) is 17.5 Å². The summed E-state index contributed by atoms with van der Waals surface area (Å²) in [5, 5.41) is 10.4. The predicted molar refractivity (Wildman–Crippen MR) is 121 cm³/mol. The molecule has 6 nitrogen and oxygen atoms in total. The third-order valence-electron chi connectivity index (χ3n) is 5.06. The monoisotopic (exact) mass is 417 g/mol. The van der Waals surface area contributed by atoms with Crippen LogP contribution in [0, 0.1) is 0 Å². The van der Waals surface area contributed by atoms with Gasteiger partial charge in [0.15, 0.2) is 6.29 Å². The van der Waals surface area contributed by atoms with E-state index >= 15 is 0 Å². The van der Waals surface area contributed by atoms with E-state index in [0.717, 1.165) is 10.8 Å². The van der Waals surface area contributed by atoms with Gasteiger partial charge in [-0.3, -0.25) is 14.4 Å². The Morgan fingerprint density at radius 2 is 1.71 bits per heavy atom. The van der Waals surface area contributed by atoms with Crippen LogP contribution in [0.1, 0.15) is 38.8 Å². The molecule has 3 rings (SSSR count).